The predicted molar refractivity (Wildman–Crippen MR) is 164 cm³/mol. The summed E-state index contributed by atoms with van der Waals surface area (Å²) >= 11 is 2.17. The number of likely N-dealkylation sites (tertiary alicyclic amines) is 1. The fraction of sp³-hybridized carbons (Fsp3) is 0.519. The summed E-state index contributed by atoms with van der Waals surface area (Å²) in [5, 5.41) is 11.2. The molecule has 0 spiro atoms. The molecular weight excluding hydrogens is 670 g/mol. The Morgan fingerprint density at radius 1 is 1.17 bits per heavy atom. The average molecular weight is 704 g/mol. The van der Waals surface area contributed by atoms with Gasteiger partial charge in [-0.2, -0.15) is 13.2 Å². The van der Waals surface area contributed by atoms with E-state index < -0.39 is 12.0 Å². The average Bonchev–Trinajstić information content (AvgIpc) is 3.30. The number of alkyl halides is 3. The number of piperidine rings is 1. The van der Waals surface area contributed by atoms with Gasteiger partial charge in [-0.05, 0) is 77.4 Å². The molecule has 2 atom stereocenters. The molecule has 2 aliphatic heterocycles. The highest BCUT2D eigenvalue weighted by molar-refractivity contribution is 14.2. The van der Waals surface area contributed by atoms with Crippen LogP contribution in [0.1, 0.15) is 43.6 Å². The van der Waals surface area contributed by atoms with Gasteiger partial charge >= 0.3 is 6.18 Å². The first-order valence-corrected chi connectivity index (χ1v) is 17.7. The number of halogens is 5. The van der Waals surface area contributed by atoms with Gasteiger partial charge in [-0.1, -0.05) is 19.6 Å². The van der Waals surface area contributed by atoms with Crippen molar-refractivity contribution in [2.24, 2.45) is 5.92 Å². The second-order valence-corrected chi connectivity index (χ2v) is 13.0. The SMILES string of the molecule is C=C(C)N1CCC(Nc2nc(C(F)(F)F)nc3c(NCC(C)CN4CCc5cc(F)ccc5C4)nn(PI)c23)CC1. The highest BCUT2D eigenvalue weighted by Gasteiger charge is 2.37. The molecule has 14 heteroatoms. The van der Waals surface area contributed by atoms with Gasteiger partial charge in [0, 0.05) is 51.0 Å². The Bertz CT molecular complexity index is 1410. The molecule has 41 heavy (non-hydrogen) atoms. The molecule has 1 fully saturated rings. The van der Waals surface area contributed by atoms with E-state index in [-0.39, 0.29) is 35.5 Å². The maximum Gasteiger partial charge on any atom is 0.451 e. The minimum atomic E-state index is -4.69. The van der Waals surface area contributed by atoms with Crippen molar-refractivity contribution in [3.05, 3.63) is 53.2 Å². The Hall–Kier alpha value is -2.25. The Labute approximate surface area is 251 Å². The predicted octanol–water partition coefficient (Wildman–Crippen LogP) is 6.29. The number of nitrogens with one attached hydrogen (secondary N) is 2. The third-order valence-corrected chi connectivity index (χ3v) is 9.53. The minimum absolute atomic E-state index is 0.0201. The topological polar surface area (TPSA) is 74.1 Å². The summed E-state index contributed by atoms with van der Waals surface area (Å²) in [5.41, 5.74) is 3.81. The number of benzene rings is 1. The quantitative estimate of drug-likeness (QED) is 0.154. The van der Waals surface area contributed by atoms with E-state index in [1.807, 2.05) is 13.0 Å². The zero-order valence-electron chi connectivity index (χ0n) is 23.0. The van der Waals surface area contributed by atoms with Crippen molar-refractivity contribution in [2.45, 2.75) is 51.9 Å². The number of hydrogen-bond acceptors (Lipinski definition) is 7. The van der Waals surface area contributed by atoms with Gasteiger partial charge < -0.3 is 15.5 Å². The lowest BCUT2D eigenvalue weighted by molar-refractivity contribution is -0.144. The number of allylic oxidation sites excluding steroid dienone is 1. The minimum Gasteiger partial charge on any atom is -0.375 e. The second kappa shape index (κ2) is 12.5. The van der Waals surface area contributed by atoms with Crippen molar-refractivity contribution in [3.8, 4) is 0 Å². The van der Waals surface area contributed by atoms with E-state index in [0.717, 1.165) is 68.8 Å². The number of anilines is 2. The molecule has 8 nitrogen and oxygen atoms in total. The van der Waals surface area contributed by atoms with Crippen LogP contribution in [0.5, 0.6) is 0 Å². The van der Waals surface area contributed by atoms with Crippen LogP contribution in [0.3, 0.4) is 0 Å². The highest BCUT2D eigenvalue weighted by atomic mass is 127. The van der Waals surface area contributed by atoms with E-state index in [9.17, 15) is 17.6 Å². The van der Waals surface area contributed by atoms with Gasteiger partial charge in [0.1, 0.15) is 16.9 Å². The first-order chi connectivity index (χ1) is 19.5. The molecule has 3 aromatic rings. The van der Waals surface area contributed by atoms with E-state index in [1.54, 1.807) is 10.5 Å². The molecule has 0 amide bonds. The molecule has 1 saturated heterocycles. The zero-order valence-corrected chi connectivity index (χ0v) is 26.2. The van der Waals surface area contributed by atoms with Crippen LogP contribution in [0, 0.1) is 11.7 Å². The number of fused-ring (bicyclic) bond motifs is 2. The third kappa shape index (κ3) is 7.05. The van der Waals surface area contributed by atoms with E-state index in [4.69, 9.17) is 0 Å². The van der Waals surface area contributed by atoms with E-state index in [1.165, 1.54) is 6.07 Å². The summed E-state index contributed by atoms with van der Waals surface area (Å²) in [6, 6.07) is 4.93. The summed E-state index contributed by atoms with van der Waals surface area (Å²) in [6.07, 6.45) is -2.23. The van der Waals surface area contributed by atoms with Gasteiger partial charge in [-0.3, -0.25) is 4.90 Å². The van der Waals surface area contributed by atoms with E-state index >= 15 is 0 Å². The van der Waals surface area contributed by atoms with Crippen LogP contribution in [0.2, 0.25) is 0 Å². The van der Waals surface area contributed by atoms with Crippen molar-refractivity contribution >= 4 is 51.1 Å². The number of aromatic nitrogens is 4. The van der Waals surface area contributed by atoms with Gasteiger partial charge in [0.15, 0.2) is 11.6 Å². The first-order valence-electron chi connectivity index (χ1n) is 13.7. The summed E-state index contributed by atoms with van der Waals surface area (Å²) < 4.78 is 56.9. The Balaban J connectivity index is 1.33. The van der Waals surface area contributed by atoms with E-state index in [0.29, 0.717) is 17.9 Å². The lowest BCUT2D eigenvalue weighted by atomic mass is 9.98. The Morgan fingerprint density at radius 3 is 2.61 bits per heavy atom. The molecule has 5 rings (SSSR count). The van der Waals surface area contributed by atoms with Gasteiger partial charge in [0.2, 0.25) is 5.82 Å². The van der Waals surface area contributed by atoms with Crippen LogP contribution < -0.4 is 10.6 Å². The Morgan fingerprint density at radius 2 is 1.93 bits per heavy atom. The van der Waals surface area contributed by atoms with Gasteiger partial charge in [0.05, 0.1) is 6.37 Å². The lowest BCUT2D eigenvalue weighted by Crippen LogP contribution is -2.38. The highest BCUT2D eigenvalue weighted by Crippen LogP contribution is 2.38. The molecule has 2 unspecified atom stereocenters. The van der Waals surface area contributed by atoms with Crippen LogP contribution in [-0.4, -0.2) is 68.1 Å². The molecule has 0 aliphatic carbocycles. The van der Waals surface area contributed by atoms with Crippen LogP contribution in [0.25, 0.3) is 11.0 Å². The lowest BCUT2D eigenvalue weighted by Gasteiger charge is -2.34. The van der Waals surface area contributed by atoms with Gasteiger partial charge in [-0.25, -0.2) is 18.8 Å². The molecule has 0 saturated carbocycles. The second-order valence-electron chi connectivity index (χ2n) is 11.0. The maximum absolute atomic E-state index is 13.9. The summed E-state index contributed by atoms with van der Waals surface area (Å²) in [6.45, 7) is 12.5. The van der Waals surface area contributed by atoms with Crippen molar-refractivity contribution in [1.82, 2.24) is 29.3 Å². The summed E-state index contributed by atoms with van der Waals surface area (Å²) in [7, 11) is 0. The van der Waals surface area contributed by atoms with Crippen molar-refractivity contribution in [2.75, 3.05) is 43.4 Å². The Kier molecular flexibility index (Phi) is 9.25. The monoisotopic (exact) mass is 704 g/mol. The van der Waals surface area contributed by atoms with E-state index in [2.05, 4.69) is 71.0 Å². The van der Waals surface area contributed by atoms with Crippen LogP contribution in [0.15, 0.2) is 30.5 Å². The van der Waals surface area contributed by atoms with Crippen molar-refractivity contribution < 1.29 is 17.6 Å². The molecule has 222 valence electrons. The fourth-order valence-corrected chi connectivity index (χ4v) is 7.02. The molecule has 2 aromatic heterocycles. The standard InChI is InChI=1S/C27H34F4IN8P/c1-16(2)39-10-7-21(8-11-39)34-25-23-22(35-26(36-25)27(29,30)31)24(37-40(23)41-32)33-13-17(3)14-38-9-6-18-12-20(28)5-4-19(18)15-38/h4-5,12,17,21,41H,1,6-11,13-15H2,2-3H3,(H,33,37)(H,34,35,36). The van der Waals surface area contributed by atoms with Gasteiger partial charge in [0.25, 0.3) is 0 Å². The van der Waals surface area contributed by atoms with Crippen molar-refractivity contribution in [3.63, 3.8) is 0 Å². The molecule has 2 N–H and O–H groups in total. The van der Waals surface area contributed by atoms with Crippen LogP contribution >= 0.6 is 28.4 Å². The van der Waals surface area contributed by atoms with Crippen LogP contribution in [-0.2, 0) is 19.1 Å². The molecule has 4 heterocycles. The third-order valence-electron chi connectivity index (χ3n) is 7.68. The number of nitrogens with zero attached hydrogens (tertiary/aromatic N) is 6. The first kappa shape index (κ1) is 30.2. The summed E-state index contributed by atoms with van der Waals surface area (Å²) in [4.78, 5) is 12.4. The number of rotatable bonds is 9. The largest absolute Gasteiger partial charge is 0.451 e. The van der Waals surface area contributed by atoms with Crippen LogP contribution in [0.4, 0.5) is 29.2 Å². The normalized spacial score (nSPS) is 17.8. The molecular formula is C27H34F4IN8P. The smallest absolute Gasteiger partial charge is 0.375 e. The fourth-order valence-electron chi connectivity index (χ4n) is 5.54. The maximum atomic E-state index is 13.9. The zero-order chi connectivity index (χ0) is 29.3. The molecule has 0 bridgehead atoms. The van der Waals surface area contributed by atoms with Gasteiger partial charge in [-0.15, -0.1) is 5.10 Å². The molecule has 0 radical (unpaired) electrons. The van der Waals surface area contributed by atoms with Crippen molar-refractivity contribution in [1.29, 1.82) is 0 Å². The summed E-state index contributed by atoms with van der Waals surface area (Å²) in [5.74, 6) is -0.722. The number of hydrogen-bond donors (Lipinski definition) is 2. The molecule has 1 aromatic carbocycles. The molecule has 2 aliphatic rings.